The van der Waals surface area contributed by atoms with Gasteiger partial charge in [-0.25, -0.2) is 13.6 Å². The van der Waals surface area contributed by atoms with Gasteiger partial charge < -0.3 is 10.0 Å². The van der Waals surface area contributed by atoms with E-state index in [1.807, 2.05) is 11.0 Å². The summed E-state index contributed by atoms with van der Waals surface area (Å²) in [6.07, 6.45) is 1.34. The molecule has 1 spiro atoms. The largest absolute Gasteiger partial charge is 0.478 e. The van der Waals surface area contributed by atoms with E-state index in [0.29, 0.717) is 43.2 Å². The fourth-order valence-corrected chi connectivity index (χ4v) is 4.86. The summed E-state index contributed by atoms with van der Waals surface area (Å²) in [5.74, 6) is -3.78. The summed E-state index contributed by atoms with van der Waals surface area (Å²) in [7, 11) is 0. The van der Waals surface area contributed by atoms with E-state index in [0.717, 1.165) is 5.56 Å². The first-order chi connectivity index (χ1) is 15.1. The third-order valence-corrected chi connectivity index (χ3v) is 6.80. The zero-order chi connectivity index (χ0) is 23.2. The van der Waals surface area contributed by atoms with Crippen molar-refractivity contribution in [1.82, 2.24) is 4.90 Å². The van der Waals surface area contributed by atoms with Crippen LogP contribution in [0.4, 0.5) is 14.5 Å². The summed E-state index contributed by atoms with van der Waals surface area (Å²) < 4.78 is 28.7. The Hall–Kier alpha value is -2.77. The van der Waals surface area contributed by atoms with Gasteiger partial charge in [0, 0.05) is 34.8 Å². The Morgan fingerprint density at radius 3 is 2.50 bits per heavy atom. The van der Waals surface area contributed by atoms with Gasteiger partial charge >= 0.3 is 5.97 Å². The Morgan fingerprint density at radius 1 is 1.16 bits per heavy atom. The molecule has 2 heterocycles. The number of halogens is 3. The van der Waals surface area contributed by atoms with Gasteiger partial charge in [-0.2, -0.15) is 0 Å². The van der Waals surface area contributed by atoms with Crippen LogP contribution >= 0.6 is 11.6 Å². The van der Waals surface area contributed by atoms with Gasteiger partial charge in [-0.3, -0.25) is 9.69 Å². The minimum atomic E-state index is -1.14. The molecule has 32 heavy (non-hydrogen) atoms. The molecule has 0 unspecified atom stereocenters. The molecule has 2 aromatic carbocycles. The molecule has 1 amide bonds. The van der Waals surface area contributed by atoms with Gasteiger partial charge in [0.2, 0.25) is 0 Å². The highest BCUT2D eigenvalue weighted by Gasteiger charge is 2.47. The van der Waals surface area contributed by atoms with Crippen LogP contribution in [0.5, 0.6) is 0 Å². The summed E-state index contributed by atoms with van der Waals surface area (Å²) in [5, 5.41) is 9.63. The Morgan fingerprint density at radius 2 is 1.84 bits per heavy atom. The minimum Gasteiger partial charge on any atom is -0.478 e. The number of nitrogens with zero attached hydrogens (tertiary/aromatic N) is 2. The molecule has 168 valence electrons. The number of aliphatic carboxylic acids is 1. The number of carbonyl (C=O) groups excluding carboxylic acids is 1. The van der Waals surface area contributed by atoms with E-state index in [2.05, 4.69) is 6.58 Å². The van der Waals surface area contributed by atoms with Crippen LogP contribution in [0, 0.1) is 18.6 Å². The first kappa shape index (κ1) is 22.4. The number of hydrogen-bond donors (Lipinski definition) is 1. The second-order valence-electron chi connectivity index (χ2n) is 8.58. The molecule has 0 aliphatic carbocycles. The first-order valence-corrected chi connectivity index (χ1v) is 10.7. The van der Waals surface area contributed by atoms with Crippen molar-refractivity contribution in [3.8, 4) is 0 Å². The molecule has 5 nitrogen and oxygen atoms in total. The average Bonchev–Trinajstić information content (AvgIpc) is 3.06. The van der Waals surface area contributed by atoms with Crippen LogP contribution in [0.15, 0.2) is 42.5 Å². The van der Waals surface area contributed by atoms with E-state index >= 15 is 0 Å². The minimum absolute atomic E-state index is 0.129. The Bertz CT molecular complexity index is 1130. The number of carboxylic acids is 1. The Labute approximate surface area is 189 Å². The van der Waals surface area contributed by atoms with E-state index < -0.39 is 28.9 Å². The van der Waals surface area contributed by atoms with E-state index in [1.165, 1.54) is 24.0 Å². The molecule has 2 aromatic rings. The third-order valence-electron chi connectivity index (χ3n) is 6.56. The van der Waals surface area contributed by atoms with Crippen LogP contribution < -0.4 is 4.90 Å². The van der Waals surface area contributed by atoms with Gasteiger partial charge in [0.25, 0.3) is 5.91 Å². The van der Waals surface area contributed by atoms with Crippen molar-refractivity contribution in [2.24, 2.45) is 0 Å². The average molecular weight is 461 g/mol. The van der Waals surface area contributed by atoms with Crippen molar-refractivity contribution in [1.29, 1.82) is 0 Å². The topological polar surface area (TPSA) is 60.9 Å². The fourth-order valence-electron chi connectivity index (χ4n) is 4.68. The van der Waals surface area contributed by atoms with Gasteiger partial charge in [0.1, 0.15) is 0 Å². The first-order valence-electron chi connectivity index (χ1n) is 10.3. The number of anilines is 1. The highest BCUT2D eigenvalue weighted by atomic mass is 35.5. The molecule has 0 aromatic heterocycles. The van der Waals surface area contributed by atoms with Crippen LogP contribution in [0.1, 0.15) is 34.3 Å². The molecule has 1 fully saturated rings. The lowest BCUT2D eigenvalue weighted by Crippen LogP contribution is -2.46. The molecular formula is C24H23ClF2N2O3. The zero-order valence-electron chi connectivity index (χ0n) is 17.6. The van der Waals surface area contributed by atoms with Crippen molar-refractivity contribution in [2.45, 2.75) is 25.2 Å². The predicted octanol–water partition coefficient (Wildman–Crippen LogP) is 4.56. The molecule has 1 saturated heterocycles. The second kappa shape index (κ2) is 8.30. The van der Waals surface area contributed by atoms with Gasteiger partial charge in [-0.1, -0.05) is 24.2 Å². The maximum absolute atomic E-state index is 14.6. The molecule has 0 bridgehead atoms. The van der Waals surface area contributed by atoms with Crippen molar-refractivity contribution in [2.75, 3.05) is 31.1 Å². The second-order valence-corrected chi connectivity index (χ2v) is 9.01. The molecule has 8 heteroatoms. The van der Waals surface area contributed by atoms with Crippen LogP contribution in [0.2, 0.25) is 5.02 Å². The maximum atomic E-state index is 14.6. The number of fused-ring (bicyclic) bond motifs is 2. The number of rotatable bonds is 4. The highest BCUT2D eigenvalue weighted by Crippen LogP contribution is 2.48. The lowest BCUT2D eigenvalue weighted by atomic mass is 9.74. The lowest BCUT2D eigenvalue weighted by molar-refractivity contribution is -0.132. The summed E-state index contributed by atoms with van der Waals surface area (Å²) in [6.45, 7) is 6.87. The maximum Gasteiger partial charge on any atom is 0.332 e. The molecular weight excluding hydrogens is 438 g/mol. The van der Waals surface area contributed by atoms with Crippen LogP contribution in [-0.4, -0.2) is 48.1 Å². The molecule has 4 rings (SSSR count). The number of amides is 1. The number of carbonyl (C=O) groups is 2. The molecule has 2 aliphatic heterocycles. The van der Waals surface area contributed by atoms with Crippen LogP contribution in [0.25, 0.3) is 0 Å². The summed E-state index contributed by atoms with van der Waals surface area (Å²) in [6, 6.07) is 7.97. The van der Waals surface area contributed by atoms with Crippen molar-refractivity contribution in [3.63, 3.8) is 0 Å². The smallest absolute Gasteiger partial charge is 0.332 e. The fraction of sp³-hybridized carbons (Fsp3) is 0.333. The normalized spacial score (nSPS) is 17.4. The SMILES string of the molecule is C=C(CN1CCC2(CC1)CN(C(=O)c1ccc(C)c(F)c1F)c1ccc(Cl)cc12)C(=O)O. The number of aryl methyl sites for hydroxylation is 1. The quantitative estimate of drug-likeness (QED) is 0.679. The molecule has 0 saturated carbocycles. The van der Waals surface area contributed by atoms with E-state index in [-0.39, 0.29) is 23.2 Å². The van der Waals surface area contributed by atoms with Crippen molar-refractivity contribution < 1.29 is 23.5 Å². The number of benzene rings is 2. The van der Waals surface area contributed by atoms with Crippen molar-refractivity contribution >= 4 is 29.2 Å². The monoisotopic (exact) mass is 460 g/mol. The number of piperidine rings is 1. The molecule has 0 radical (unpaired) electrons. The standard InChI is InChI=1S/C24H23ClF2N2O3/c1-14-3-5-17(21(27)20(14)26)22(30)29-13-24(18-11-16(25)4-6-19(18)29)7-9-28(10-8-24)12-15(2)23(31)32/h3-6,11H,2,7-10,12-13H2,1H3,(H,31,32). The molecule has 1 N–H and O–H groups in total. The van der Waals surface area contributed by atoms with Crippen LogP contribution in [0.3, 0.4) is 0 Å². The van der Waals surface area contributed by atoms with E-state index in [1.54, 1.807) is 12.1 Å². The third kappa shape index (κ3) is 3.80. The van der Waals surface area contributed by atoms with E-state index in [4.69, 9.17) is 16.7 Å². The van der Waals surface area contributed by atoms with Crippen molar-refractivity contribution in [3.05, 3.63) is 75.8 Å². The van der Waals surface area contributed by atoms with Gasteiger partial charge in [0.05, 0.1) is 5.56 Å². The summed E-state index contributed by atoms with van der Waals surface area (Å²) in [4.78, 5) is 27.9. The summed E-state index contributed by atoms with van der Waals surface area (Å²) >= 11 is 6.27. The van der Waals surface area contributed by atoms with Gasteiger partial charge in [-0.15, -0.1) is 0 Å². The van der Waals surface area contributed by atoms with Gasteiger partial charge in [0.15, 0.2) is 11.6 Å². The predicted molar refractivity (Wildman–Crippen MR) is 118 cm³/mol. The highest BCUT2D eigenvalue weighted by molar-refractivity contribution is 6.30. The Kier molecular flexibility index (Phi) is 5.81. The number of likely N-dealkylation sites (tertiary alicyclic amines) is 1. The zero-order valence-corrected chi connectivity index (χ0v) is 18.4. The lowest BCUT2D eigenvalue weighted by Gasteiger charge is -2.40. The molecule has 0 atom stereocenters. The number of carboxylic acid groups (broad SMARTS) is 1. The summed E-state index contributed by atoms with van der Waals surface area (Å²) in [5.41, 5.74) is 1.12. The van der Waals surface area contributed by atoms with Gasteiger partial charge in [-0.05, 0) is 68.2 Å². The molecule has 2 aliphatic rings. The Balaban J connectivity index is 1.64. The van der Waals surface area contributed by atoms with E-state index in [9.17, 15) is 18.4 Å². The van der Waals surface area contributed by atoms with Crippen LogP contribution in [-0.2, 0) is 10.2 Å². The number of hydrogen-bond acceptors (Lipinski definition) is 3.